The zero-order valence-electron chi connectivity index (χ0n) is 13.6. The number of benzene rings is 2. The van der Waals surface area contributed by atoms with Gasteiger partial charge in [0.1, 0.15) is 5.75 Å². The van der Waals surface area contributed by atoms with Crippen molar-refractivity contribution in [3.8, 4) is 5.75 Å². The maximum absolute atomic E-state index is 12.2. The summed E-state index contributed by atoms with van der Waals surface area (Å²) in [6, 6.07) is 11.5. The number of nitrogens with two attached hydrogens (primary N) is 2. The molecule has 4 N–H and O–H groups in total. The summed E-state index contributed by atoms with van der Waals surface area (Å²) >= 11 is 1.23. The van der Waals surface area contributed by atoms with Crippen molar-refractivity contribution in [1.29, 1.82) is 0 Å². The molecule has 0 saturated carbocycles. The Labute approximate surface area is 150 Å². The Morgan fingerprint density at radius 1 is 1.12 bits per heavy atom. The molecule has 0 aliphatic rings. The van der Waals surface area contributed by atoms with Crippen LogP contribution in [-0.2, 0) is 9.84 Å². The van der Waals surface area contributed by atoms with Gasteiger partial charge >= 0.3 is 0 Å². The van der Waals surface area contributed by atoms with Gasteiger partial charge in [-0.15, -0.1) is 0 Å². The predicted molar refractivity (Wildman–Crippen MR) is 96.8 cm³/mol. The van der Waals surface area contributed by atoms with Gasteiger partial charge in [-0.2, -0.15) is 4.99 Å². The van der Waals surface area contributed by atoms with Crippen LogP contribution in [0.25, 0.3) is 0 Å². The largest absolute Gasteiger partial charge is 0.496 e. The minimum absolute atomic E-state index is 0.0139. The van der Waals surface area contributed by atoms with Crippen LogP contribution in [0.15, 0.2) is 62.1 Å². The molecule has 9 heteroatoms. The molecule has 0 aliphatic heterocycles. The summed E-state index contributed by atoms with van der Waals surface area (Å²) in [7, 11) is -2.05. The fourth-order valence-electron chi connectivity index (χ4n) is 2.02. The molecule has 7 nitrogen and oxygen atoms in total. The van der Waals surface area contributed by atoms with E-state index in [1.807, 2.05) is 18.2 Å². The topological polar surface area (TPSA) is 125 Å². The highest BCUT2D eigenvalue weighted by Crippen LogP contribution is 2.38. The van der Waals surface area contributed by atoms with E-state index < -0.39 is 21.7 Å². The van der Waals surface area contributed by atoms with Crippen molar-refractivity contribution in [3.05, 3.63) is 48.0 Å². The Hall–Kier alpha value is -2.52. The van der Waals surface area contributed by atoms with Gasteiger partial charge in [-0.05, 0) is 30.3 Å². The van der Waals surface area contributed by atoms with Crippen molar-refractivity contribution >= 4 is 33.5 Å². The van der Waals surface area contributed by atoms with Crippen LogP contribution < -0.4 is 16.2 Å². The Balaban J connectivity index is 2.52. The molecule has 0 spiro atoms. The second kappa shape index (κ2) is 7.58. The number of guanidine groups is 1. The molecule has 0 fully saturated rings. The summed E-state index contributed by atoms with van der Waals surface area (Å²) in [6.07, 6.45) is 1.07. The molecule has 1 amide bonds. The predicted octanol–water partition coefficient (Wildman–Crippen LogP) is 1.66. The molecule has 0 saturated heterocycles. The van der Waals surface area contributed by atoms with Gasteiger partial charge in [-0.3, -0.25) is 4.79 Å². The maximum atomic E-state index is 12.2. The molecule has 2 aromatic carbocycles. The number of para-hydroxylation sites is 1. The van der Waals surface area contributed by atoms with Crippen LogP contribution in [-0.4, -0.2) is 33.7 Å². The van der Waals surface area contributed by atoms with Crippen LogP contribution in [0.4, 0.5) is 0 Å². The van der Waals surface area contributed by atoms with E-state index in [1.165, 1.54) is 31.0 Å². The molecule has 0 aliphatic carbocycles. The quantitative estimate of drug-likeness (QED) is 0.598. The smallest absolute Gasteiger partial charge is 0.280 e. The van der Waals surface area contributed by atoms with Gasteiger partial charge in [0.2, 0.25) is 0 Å². The lowest BCUT2D eigenvalue weighted by Crippen LogP contribution is -2.24. The number of hydrogen-bond acceptors (Lipinski definition) is 5. The molecular weight excluding hydrogens is 362 g/mol. The first-order valence-corrected chi connectivity index (χ1v) is 9.72. The number of carbonyl (C=O) groups excluding carboxylic acids is 1. The number of hydrogen-bond donors (Lipinski definition) is 2. The fraction of sp³-hybridized carbons (Fsp3) is 0.125. The number of nitrogens with zero attached hydrogens (tertiary/aromatic N) is 1. The van der Waals surface area contributed by atoms with Crippen molar-refractivity contribution in [2.45, 2.75) is 14.7 Å². The van der Waals surface area contributed by atoms with Gasteiger partial charge in [0, 0.05) is 16.7 Å². The first kappa shape index (κ1) is 18.8. The molecule has 0 radical (unpaired) electrons. The fourth-order valence-corrected chi connectivity index (χ4v) is 4.30. The highest BCUT2D eigenvalue weighted by Gasteiger charge is 2.18. The van der Waals surface area contributed by atoms with Crippen LogP contribution in [0, 0.1) is 0 Å². The van der Waals surface area contributed by atoms with E-state index in [1.54, 1.807) is 12.1 Å². The highest BCUT2D eigenvalue weighted by molar-refractivity contribution is 8.00. The van der Waals surface area contributed by atoms with Crippen molar-refractivity contribution in [1.82, 2.24) is 0 Å². The lowest BCUT2D eigenvalue weighted by atomic mass is 10.2. The van der Waals surface area contributed by atoms with E-state index in [9.17, 15) is 13.2 Å². The van der Waals surface area contributed by atoms with Crippen LogP contribution in [0.5, 0.6) is 5.75 Å². The monoisotopic (exact) mass is 379 g/mol. The molecule has 25 heavy (non-hydrogen) atoms. The molecule has 0 bridgehead atoms. The summed E-state index contributed by atoms with van der Waals surface area (Å²) in [5.41, 5.74) is 10.5. The number of ether oxygens (including phenoxy) is 1. The number of sulfone groups is 1. The first-order valence-electron chi connectivity index (χ1n) is 7.01. The molecule has 0 unspecified atom stereocenters. The van der Waals surface area contributed by atoms with Crippen molar-refractivity contribution < 1.29 is 17.9 Å². The minimum atomic E-state index is -3.58. The standard InChI is InChI=1S/C16H17N3O4S2/c1-23-11-5-3-4-6-12(11)24-13-8-7-10(15(20)19-16(17)18)9-14(13)25(2,21)22/h3-9H,1-2H3,(H4,17,18,19,20). The summed E-state index contributed by atoms with van der Waals surface area (Å²) in [5, 5.41) is 0. The Morgan fingerprint density at radius 3 is 2.40 bits per heavy atom. The maximum Gasteiger partial charge on any atom is 0.280 e. The lowest BCUT2D eigenvalue weighted by Gasteiger charge is -2.11. The molecule has 0 atom stereocenters. The van der Waals surface area contributed by atoms with Crippen LogP contribution >= 0.6 is 11.8 Å². The normalized spacial score (nSPS) is 11.0. The minimum Gasteiger partial charge on any atom is -0.496 e. The summed E-state index contributed by atoms with van der Waals surface area (Å²) in [4.78, 5) is 16.6. The second-order valence-corrected chi connectivity index (χ2v) is 8.10. The van der Waals surface area contributed by atoms with Crippen molar-refractivity contribution in [2.75, 3.05) is 13.4 Å². The summed E-state index contributed by atoms with van der Waals surface area (Å²) in [6.45, 7) is 0. The number of amides is 1. The Bertz CT molecular complexity index is 936. The van der Waals surface area contributed by atoms with Gasteiger partial charge in [-0.25, -0.2) is 8.42 Å². The molecule has 0 aromatic heterocycles. The van der Waals surface area contributed by atoms with Gasteiger partial charge in [0.15, 0.2) is 15.8 Å². The number of aliphatic imine (C=N–C) groups is 1. The zero-order valence-corrected chi connectivity index (χ0v) is 15.2. The van der Waals surface area contributed by atoms with E-state index in [2.05, 4.69) is 4.99 Å². The third-order valence-electron chi connectivity index (χ3n) is 3.11. The van der Waals surface area contributed by atoms with E-state index in [4.69, 9.17) is 16.2 Å². The third-order valence-corrected chi connectivity index (χ3v) is 5.51. The third kappa shape index (κ3) is 4.74. The van der Waals surface area contributed by atoms with Gasteiger partial charge in [0.25, 0.3) is 5.91 Å². The average Bonchev–Trinajstić information content (AvgIpc) is 2.54. The van der Waals surface area contributed by atoms with E-state index in [-0.39, 0.29) is 10.5 Å². The number of methoxy groups -OCH3 is 1. The van der Waals surface area contributed by atoms with Crippen LogP contribution in [0.2, 0.25) is 0 Å². The summed E-state index contributed by atoms with van der Waals surface area (Å²) in [5.74, 6) is -0.482. The lowest BCUT2D eigenvalue weighted by molar-refractivity contribution is 0.100. The van der Waals surface area contributed by atoms with Gasteiger partial charge < -0.3 is 16.2 Å². The van der Waals surface area contributed by atoms with E-state index >= 15 is 0 Å². The Kier molecular flexibility index (Phi) is 5.70. The van der Waals surface area contributed by atoms with Crippen molar-refractivity contribution in [3.63, 3.8) is 0 Å². The number of carbonyl (C=O) groups is 1. The molecular formula is C16H17N3O4S2. The van der Waals surface area contributed by atoms with E-state index in [0.717, 1.165) is 11.2 Å². The van der Waals surface area contributed by atoms with Gasteiger partial charge in [0.05, 0.1) is 16.9 Å². The molecule has 132 valence electrons. The zero-order chi connectivity index (χ0) is 18.6. The molecule has 2 rings (SSSR count). The average molecular weight is 379 g/mol. The summed E-state index contributed by atoms with van der Waals surface area (Å²) < 4.78 is 29.6. The first-order chi connectivity index (χ1) is 11.7. The van der Waals surface area contributed by atoms with Crippen LogP contribution in [0.3, 0.4) is 0 Å². The molecule has 2 aromatic rings. The highest BCUT2D eigenvalue weighted by atomic mass is 32.2. The van der Waals surface area contributed by atoms with E-state index in [0.29, 0.717) is 10.6 Å². The Morgan fingerprint density at radius 2 is 1.80 bits per heavy atom. The molecule has 0 heterocycles. The SMILES string of the molecule is COc1ccccc1Sc1ccc(C(=O)N=C(N)N)cc1S(C)(=O)=O. The second-order valence-electron chi connectivity index (χ2n) is 5.03. The number of rotatable bonds is 5. The van der Waals surface area contributed by atoms with Gasteiger partial charge in [-0.1, -0.05) is 23.9 Å². The van der Waals surface area contributed by atoms with Crippen LogP contribution in [0.1, 0.15) is 10.4 Å². The van der Waals surface area contributed by atoms with Crippen molar-refractivity contribution in [2.24, 2.45) is 16.5 Å².